The molecule has 0 saturated heterocycles. The molecule has 6 heteroatoms. The number of benzene rings is 1. The third-order valence-electron chi connectivity index (χ3n) is 2.40. The normalized spacial score (nSPS) is 10.4. The van der Waals surface area contributed by atoms with Gasteiger partial charge in [0.05, 0.1) is 13.0 Å². The predicted molar refractivity (Wildman–Crippen MR) is 68.5 cm³/mol. The van der Waals surface area contributed by atoms with Crippen molar-refractivity contribution in [2.24, 2.45) is 0 Å². The van der Waals surface area contributed by atoms with Crippen molar-refractivity contribution in [1.82, 2.24) is 4.98 Å². The van der Waals surface area contributed by atoms with Gasteiger partial charge in [-0.3, -0.25) is 14.9 Å². The first-order valence-corrected chi connectivity index (χ1v) is 6.00. The average Bonchev–Trinajstić information content (AvgIpc) is 2.78. The maximum atomic E-state index is 11.6. The Kier molecular flexibility index (Phi) is 4.12. The first-order valence-electron chi connectivity index (χ1n) is 6.00. The van der Waals surface area contributed by atoms with Gasteiger partial charge >= 0.3 is 12.0 Å². The lowest BCUT2D eigenvalue weighted by molar-refractivity contribution is -0.144. The minimum atomic E-state index is -0.393. The highest BCUT2D eigenvalue weighted by molar-refractivity contribution is 5.91. The maximum Gasteiger partial charge on any atom is 0.306 e. The van der Waals surface area contributed by atoms with Gasteiger partial charge in [-0.15, -0.1) is 0 Å². The smallest absolute Gasteiger partial charge is 0.306 e. The summed E-state index contributed by atoms with van der Waals surface area (Å²) in [6, 6.07) is 7.33. The van der Waals surface area contributed by atoms with Gasteiger partial charge in [0.25, 0.3) is 0 Å². The summed E-state index contributed by atoms with van der Waals surface area (Å²) < 4.78 is 10.1. The van der Waals surface area contributed by atoms with Crippen molar-refractivity contribution in [3.8, 4) is 0 Å². The summed E-state index contributed by atoms with van der Waals surface area (Å²) in [5.74, 6) is -0.727. The van der Waals surface area contributed by atoms with Crippen molar-refractivity contribution in [2.45, 2.75) is 19.8 Å². The minimum absolute atomic E-state index is 0.0392. The lowest BCUT2D eigenvalue weighted by Gasteiger charge is -2.01. The van der Waals surface area contributed by atoms with Gasteiger partial charge in [0, 0.05) is 6.42 Å². The van der Waals surface area contributed by atoms with Gasteiger partial charge in [0.15, 0.2) is 5.58 Å². The zero-order chi connectivity index (χ0) is 13.7. The van der Waals surface area contributed by atoms with Crippen LogP contribution in [-0.4, -0.2) is 23.5 Å². The minimum Gasteiger partial charge on any atom is -0.466 e. The number of para-hydroxylation sites is 2. The molecule has 1 aromatic carbocycles. The van der Waals surface area contributed by atoms with E-state index < -0.39 is 5.97 Å². The molecule has 0 bridgehead atoms. The van der Waals surface area contributed by atoms with Crippen LogP contribution in [0.25, 0.3) is 11.1 Å². The van der Waals surface area contributed by atoms with Crippen LogP contribution in [0.1, 0.15) is 19.8 Å². The molecule has 0 aliphatic rings. The van der Waals surface area contributed by atoms with Crippen molar-refractivity contribution < 1.29 is 18.7 Å². The van der Waals surface area contributed by atoms with E-state index in [-0.39, 0.29) is 24.8 Å². The van der Waals surface area contributed by atoms with Crippen LogP contribution in [0.2, 0.25) is 0 Å². The van der Waals surface area contributed by atoms with Crippen LogP contribution in [-0.2, 0) is 14.3 Å². The maximum absolute atomic E-state index is 11.6. The van der Waals surface area contributed by atoms with Gasteiger partial charge in [-0.1, -0.05) is 12.1 Å². The molecule has 2 rings (SSSR count). The number of aromatic nitrogens is 1. The molecule has 1 amide bonds. The molecule has 0 radical (unpaired) electrons. The molecule has 0 aliphatic heterocycles. The van der Waals surface area contributed by atoms with E-state index >= 15 is 0 Å². The molecule has 1 aromatic heterocycles. The molecule has 0 aliphatic carbocycles. The second kappa shape index (κ2) is 5.99. The van der Waals surface area contributed by atoms with Gasteiger partial charge in [0.2, 0.25) is 5.91 Å². The molecule has 19 heavy (non-hydrogen) atoms. The van der Waals surface area contributed by atoms with Gasteiger partial charge in [-0.05, 0) is 19.1 Å². The molecule has 0 fully saturated rings. The number of nitrogens with zero attached hydrogens (tertiary/aromatic N) is 1. The van der Waals surface area contributed by atoms with Gasteiger partial charge in [0.1, 0.15) is 5.52 Å². The first-order chi connectivity index (χ1) is 9.19. The monoisotopic (exact) mass is 262 g/mol. The van der Waals surface area contributed by atoms with E-state index in [4.69, 9.17) is 9.15 Å². The molecule has 2 aromatic rings. The number of anilines is 1. The molecule has 1 heterocycles. The second-order valence-electron chi connectivity index (χ2n) is 3.84. The molecule has 0 spiro atoms. The summed E-state index contributed by atoms with van der Waals surface area (Å²) in [6.07, 6.45) is 0.0808. The molecular formula is C13H14N2O4. The van der Waals surface area contributed by atoms with E-state index in [0.29, 0.717) is 17.7 Å². The number of hydrogen-bond donors (Lipinski definition) is 1. The van der Waals surface area contributed by atoms with E-state index in [1.165, 1.54) is 0 Å². The van der Waals surface area contributed by atoms with E-state index in [9.17, 15) is 9.59 Å². The van der Waals surface area contributed by atoms with Crippen molar-refractivity contribution in [1.29, 1.82) is 0 Å². The van der Waals surface area contributed by atoms with Gasteiger partial charge < -0.3 is 9.15 Å². The predicted octanol–water partition coefficient (Wildman–Crippen LogP) is 2.11. The third-order valence-corrected chi connectivity index (χ3v) is 2.40. The number of rotatable bonds is 5. The van der Waals surface area contributed by atoms with Crippen LogP contribution in [0.15, 0.2) is 28.7 Å². The number of fused-ring (bicyclic) bond motifs is 1. The number of carbonyl (C=O) groups is 2. The van der Waals surface area contributed by atoms with Crippen molar-refractivity contribution in [3.05, 3.63) is 24.3 Å². The fourth-order valence-electron chi connectivity index (χ4n) is 1.56. The van der Waals surface area contributed by atoms with Crippen molar-refractivity contribution in [2.75, 3.05) is 11.9 Å². The van der Waals surface area contributed by atoms with Crippen LogP contribution in [0, 0.1) is 0 Å². The van der Waals surface area contributed by atoms with E-state index in [0.717, 1.165) is 0 Å². The van der Waals surface area contributed by atoms with E-state index in [2.05, 4.69) is 10.3 Å². The lowest BCUT2D eigenvalue weighted by atomic mass is 10.3. The summed E-state index contributed by atoms with van der Waals surface area (Å²) in [7, 11) is 0. The van der Waals surface area contributed by atoms with Gasteiger partial charge in [-0.2, -0.15) is 4.98 Å². The standard InChI is InChI=1S/C13H14N2O4/c1-2-18-12(17)8-7-11(16)15-13-14-9-5-3-4-6-10(9)19-13/h3-6H,2,7-8H2,1H3,(H,14,15,16). The largest absolute Gasteiger partial charge is 0.466 e. The molecule has 0 atom stereocenters. The number of oxazole rings is 1. The number of amides is 1. The zero-order valence-corrected chi connectivity index (χ0v) is 10.5. The highest BCUT2D eigenvalue weighted by Crippen LogP contribution is 2.18. The highest BCUT2D eigenvalue weighted by atomic mass is 16.5. The van der Waals surface area contributed by atoms with Gasteiger partial charge in [-0.25, -0.2) is 0 Å². The molecule has 6 nitrogen and oxygen atoms in total. The third kappa shape index (κ3) is 3.54. The van der Waals surface area contributed by atoms with Crippen LogP contribution >= 0.6 is 0 Å². The molecule has 100 valence electrons. The van der Waals surface area contributed by atoms with Crippen LogP contribution in [0.3, 0.4) is 0 Å². The molecule has 0 unspecified atom stereocenters. The van der Waals surface area contributed by atoms with Crippen LogP contribution in [0.4, 0.5) is 6.01 Å². The van der Waals surface area contributed by atoms with E-state index in [1.807, 2.05) is 12.1 Å². The van der Waals surface area contributed by atoms with Crippen molar-refractivity contribution >= 4 is 29.0 Å². The average molecular weight is 262 g/mol. The Labute approximate surface area is 109 Å². The molecular weight excluding hydrogens is 248 g/mol. The summed E-state index contributed by atoms with van der Waals surface area (Å²) >= 11 is 0. The number of nitrogens with one attached hydrogen (secondary N) is 1. The van der Waals surface area contributed by atoms with Crippen molar-refractivity contribution in [3.63, 3.8) is 0 Å². The number of carbonyl (C=O) groups excluding carboxylic acids is 2. The fraction of sp³-hybridized carbons (Fsp3) is 0.308. The molecule has 0 saturated carbocycles. The Hall–Kier alpha value is -2.37. The zero-order valence-electron chi connectivity index (χ0n) is 10.5. The first kappa shape index (κ1) is 13.1. The summed E-state index contributed by atoms with van der Waals surface area (Å²) in [5.41, 5.74) is 1.27. The Morgan fingerprint density at radius 1 is 1.32 bits per heavy atom. The fourth-order valence-corrected chi connectivity index (χ4v) is 1.56. The lowest BCUT2D eigenvalue weighted by Crippen LogP contribution is -2.14. The van der Waals surface area contributed by atoms with Crippen LogP contribution in [0.5, 0.6) is 0 Å². The summed E-state index contributed by atoms with van der Waals surface area (Å²) in [6.45, 7) is 2.03. The SMILES string of the molecule is CCOC(=O)CCC(=O)Nc1nc2ccccc2o1. The number of hydrogen-bond acceptors (Lipinski definition) is 5. The second-order valence-corrected chi connectivity index (χ2v) is 3.84. The Bertz CT molecular complexity index is 558. The summed E-state index contributed by atoms with van der Waals surface area (Å²) in [4.78, 5) is 26.8. The quantitative estimate of drug-likeness (QED) is 0.834. The Morgan fingerprint density at radius 2 is 2.11 bits per heavy atom. The van der Waals surface area contributed by atoms with Crippen LogP contribution < -0.4 is 5.32 Å². The van der Waals surface area contributed by atoms with E-state index in [1.54, 1.807) is 19.1 Å². The highest BCUT2D eigenvalue weighted by Gasteiger charge is 2.11. The number of esters is 1. The topological polar surface area (TPSA) is 81.4 Å². The Balaban J connectivity index is 1.90. The molecule has 1 N–H and O–H groups in total. The summed E-state index contributed by atoms with van der Waals surface area (Å²) in [5, 5.41) is 2.50. The Morgan fingerprint density at radius 3 is 2.84 bits per heavy atom. The number of ether oxygens (including phenoxy) is 1.